The standard InChI is InChI=1S/C26H31FN4O3S/c1-2-13-31(22-5-3-4-6-22)35(32,33)23-11-12-25-24(18-23)26(29-14-16-34-17-15-29)28-30(25)19-20-7-9-21(27)10-8-20/h2,7-12,18,22H,1,3-6,13-17,19H2. The quantitative estimate of drug-likeness (QED) is 0.436. The predicted molar refractivity (Wildman–Crippen MR) is 135 cm³/mol. The van der Waals surface area contributed by atoms with Gasteiger partial charge in [0.15, 0.2) is 5.82 Å². The topological polar surface area (TPSA) is 67.7 Å². The van der Waals surface area contributed by atoms with Crippen LogP contribution in [0.5, 0.6) is 0 Å². The highest BCUT2D eigenvalue weighted by molar-refractivity contribution is 7.89. The lowest BCUT2D eigenvalue weighted by Crippen LogP contribution is -2.38. The molecular formula is C26H31FN4O3S. The first-order chi connectivity index (χ1) is 17.0. The fourth-order valence-corrected chi connectivity index (χ4v) is 6.77. The summed E-state index contributed by atoms with van der Waals surface area (Å²) in [5.41, 5.74) is 1.75. The Balaban J connectivity index is 1.57. The van der Waals surface area contributed by atoms with Crippen molar-refractivity contribution in [1.82, 2.24) is 14.1 Å². The summed E-state index contributed by atoms with van der Waals surface area (Å²) < 4.78 is 49.9. The number of rotatable bonds is 8. The molecule has 35 heavy (non-hydrogen) atoms. The molecule has 1 saturated carbocycles. The molecule has 7 nitrogen and oxygen atoms in total. The number of hydrogen-bond acceptors (Lipinski definition) is 5. The van der Waals surface area contributed by atoms with Gasteiger partial charge in [-0.3, -0.25) is 4.68 Å². The van der Waals surface area contributed by atoms with E-state index in [0.29, 0.717) is 39.4 Å². The molecule has 1 aliphatic heterocycles. The Bertz CT molecular complexity index is 1290. The van der Waals surface area contributed by atoms with Gasteiger partial charge in [0.05, 0.1) is 30.2 Å². The van der Waals surface area contributed by atoms with E-state index in [-0.39, 0.29) is 16.8 Å². The minimum Gasteiger partial charge on any atom is -0.378 e. The summed E-state index contributed by atoms with van der Waals surface area (Å²) in [5, 5.41) is 5.67. The van der Waals surface area contributed by atoms with Gasteiger partial charge in [-0.1, -0.05) is 31.1 Å². The van der Waals surface area contributed by atoms with Gasteiger partial charge >= 0.3 is 0 Å². The van der Waals surface area contributed by atoms with Crippen molar-refractivity contribution < 1.29 is 17.5 Å². The number of benzene rings is 2. The fourth-order valence-electron chi connectivity index (χ4n) is 5.09. The molecule has 0 radical (unpaired) electrons. The van der Waals surface area contributed by atoms with Gasteiger partial charge in [0.1, 0.15) is 5.82 Å². The second-order valence-corrected chi connectivity index (χ2v) is 11.1. The highest BCUT2D eigenvalue weighted by Crippen LogP contribution is 2.33. The Kier molecular flexibility index (Phi) is 6.91. The summed E-state index contributed by atoms with van der Waals surface area (Å²) in [4.78, 5) is 2.41. The van der Waals surface area contributed by atoms with E-state index in [0.717, 1.165) is 48.0 Å². The van der Waals surface area contributed by atoms with Crippen LogP contribution in [0.1, 0.15) is 31.2 Å². The van der Waals surface area contributed by atoms with E-state index in [1.165, 1.54) is 12.1 Å². The minimum absolute atomic E-state index is 0.00797. The zero-order valence-electron chi connectivity index (χ0n) is 19.8. The Morgan fingerprint density at radius 2 is 1.83 bits per heavy atom. The number of fused-ring (bicyclic) bond motifs is 1. The van der Waals surface area contributed by atoms with Gasteiger partial charge in [0, 0.05) is 31.1 Å². The minimum atomic E-state index is -3.70. The van der Waals surface area contributed by atoms with Crippen LogP contribution in [0.25, 0.3) is 10.9 Å². The molecule has 1 saturated heterocycles. The number of anilines is 1. The Morgan fingerprint density at radius 1 is 1.11 bits per heavy atom. The average Bonchev–Trinajstić information content (AvgIpc) is 3.53. The van der Waals surface area contributed by atoms with Crippen LogP contribution >= 0.6 is 0 Å². The summed E-state index contributed by atoms with van der Waals surface area (Å²) in [6.45, 7) is 7.11. The van der Waals surface area contributed by atoms with Crippen molar-refractivity contribution in [1.29, 1.82) is 0 Å². The maximum atomic E-state index is 13.8. The van der Waals surface area contributed by atoms with E-state index in [1.807, 2.05) is 10.7 Å². The molecule has 0 bridgehead atoms. The molecule has 2 aliphatic rings. The Hall–Kier alpha value is -2.75. The van der Waals surface area contributed by atoms with Crippen LogP contribution in [0, 0.1) is 5.82 Å². The molecule has 9 heteroatoms. The van der Waals surface area contributed by atoms with Crippen molar-refractivity contribution in [3.8, 4) is 0 Å². The van der Waals surface area contributed by atoms with Crippen molar-refractivity contribution >= 4 is 26.7 Å². The van der Waals surface area contributed by atoms with E-state index in [1.54, 1.807) is 34.6 Å². The summed E-state index contributed by atoms with van der Waals surface area (Å²) in [6.07, 6.45) is 5.51. The SMILES string of the molecule is C=CCN(C1CCCC1)S(=O)(=O)c1ccc2c(c1)c(N1CCOCC1)nn2Cc1ccc(F)cc1. The first-order valence-electron chi connectivity index (χ1n) is 12.2. The monoisotopic (exact) mass is 498 g/mol. The lowest BCUT2D eigenvalue weighted by Gasteiger charge is -2.28. The molecule has 0 spiro atoms. The average molecular weight is 499 g/mol. The molecule has 1 aliphatic carbocycles. The third-order valence-electron chi connectivity index (χ3n) is 6.91. The normalized spacial score (nSPS) is 17.5. The Labute approximate surface area is 205 Å². The predicted octanol–water partition coefficient (Wildman–Crippen LogP) is 4.18. The first-order valence-corrected chi connectivity index (χ1v) is 13.6. The molecule has 1 aromatic heterocycles. The van der Waals surface area contributed by atoms with Gasteiger partial charge in [-0.05, 0) is 48.7 Å². The fraction of sp³-hybridized carbons (Fsp3) is 0.423. The number of morpholine rings is 1. The summed E-state index contributed by atoms with van der Waals surface area (Å²) in [6, 6.07) is 11.6. The molecular weight excluding hydrogens is 467 g/mol. The van der Waals surface area contributed by atoms with Crippen LogP contribution in [0.15, 0.2) is 60.0 Å². The molecule has 186 valence electrons. The molecule has 3 aromatic rings. The van der Waals surface area contributed by atoms with Gasteiger partial charge in [-0.15, -0.1) is 6.58 Å². The zero-order valence-corrected chi connectivity index (χ0v) is 20.6. The zero-order chi connectivity index (χ0) is 24.4. The number of ether oxygens (including phenoxy) is 1. The van der Waals surface area contributed by atoms with Crippen molar-refractivity contribution in [2.24, 2.45) is 0 Å². The van der Waals surface area contributed by atoms with Crippen LogP contribution in [-0.2, 0) is 21.3 Å². The maximum Gasteiger partial charge on any atom is 0.243 e. The van der Waals surface area contributed by atoms with Crippen LogP contribution in [-0.4, -0.2) is 61.4 Å². The number of halogens is 1. The second-order valence-electron chi connectivity index (χ2n) is 9.19. The highest BCUT2D eigenvalue weighted by Gasteiger charge is 2.33. The summed E-state index contributed by atoms with van der Waals surface area (Å²) in [5.74, 6) is 0.466. The lowest BCUT2D eigenvalue weighted by atomic mass is 10.2. The molecule has 0 unspecified atom stereocenters. The van der Waals surface area contributed by atoms with Gasteiger partial charge in [0.2, 0.25) is 10.0 Å². The van der Waals surface area contributed by atoms with Crippen molar-refractivity contribution in [3.05, 3.63) is 66.5 Å². The number of aromatic nitrogens is 2. The van der Waals surface area contributed by atoms with Gasteiger partial charge in [-0.25, -0.2) is 12.8 Å². The van der Waals surface area contributed by atoms with Gasteiger partial charge in [0.25, 0.3) is 0 Å². The van der Waals surface area contributed by atoms with E-state index >= 15 is 0 Å². The summed E-state index contributed by atoms with van der Waals surface area (Å²) >= 11 is 0. The van der Waals surface area contributed by atoms with Gasteiger partial charge < -0.3 is 9.64 Å². The smallest absolute Gasteiger partial charge is 0.243 e. The van der Waals surface area contributed by atoms with Crippen molar-refractivity contribution in [2.75, 3.05) is 37.7 Å². The van der Waals surface area contributed by atoms with Crippen LogP contribution in [0.2, 0.25) is 0 Å². The highest BCUT2D eigenvalue weighted by atomic mass is 32.2. The van der Waals surface area contributed by atoms with E-state index < -0.39 is 10.0 Å². The molecule has 2 fully saturated rings. The van der Waals surface area contributed by atoms with Gasteiger partial charge in [-0.2, -0.15) is 9.40 Å². The van der Waals surface area contributed by atoms with Crippen LogP contribution < -0.4 is 4.90 Å². The number of sulfonamides is 1. The molecule has 2 aromatic carbocycles. The van der Waals surface area contributed by atoms with E-state index in [2.05, 4.69) is 11.5 Å². The van der Waals surface area contributed by atoms with Crippen LogP contribution in [0.3, 0.4) is 0 Å². The largest absolute Gasteiger partial charge is 0.378 e. The second kappa shape index (κ2) is 10.1. The Morgan fingerprint density at radius 3 is 2.51 bits per heavy atom. The third-order valence-corrected chi connectivity index (χ3v) is 8.82. The molecule has 0 atom stereocenters. The van der Waals surface area contributed by atoms with Crippen molar-refractivity contribution in [3.63, 3.8) is 0 Å². The first kappa shape index (κ1) is 24.0. The van der Waals surface area contributed by atoms with Crippen molar-refractivity contribution in [2.45, 2.75) is 43.2 Å². The maximum absolute atomic E-state index is 13.8. The lowest BCUT2D eigenvalue weighted by molar-refractivity contribution is 0.122. The summed E-state index contributed by atoms with van der Waals surface area (Å²) in [7, 11) is -3.70. The van der Waals surface area contributed by atoms with Crippen LogP contribution in [0.4, 0.5) is 10.2 Å². The molecule has 2 heterocycles. The number of nitrogens with zero attached hydrogens (tertiary/aromatic N) is 4. The molecule has 0 N–H and O–H groups in total. The molecule has 5 rings (SSSR count). The third kappa shape index (κ3) is 4.85. The molecule has 0 amide bonds. The van der Waals surface area contributed by atoms with E-state index in [9.17, 15) is 12.8 Å². The van der Waals surface area contributed by atoms with E-state index in [4.69, 9.17) is 9.84 Å². The number of hydrogen-bond donors (Lipinski definition) is 0.